The van der Waals surface area contributed by atoms with Crippen molar-refractivity contribution in [2.24, 2.45) is 5.92 Å². The minimum absolute atomic E-state index is 0.00684. The number of carbonyl (C=O) groups excluding carboxylic acids is 1. The van der Waals surface area contributed by atoms with E-state index < -0.39 is 10.0 Å². The van der Waals surface area contributed by atoms with E-state index in [1.807, 2.05) is 13.0 Å². The lowest BCUT2D eigenvalue weighted by Crippen LogP contribution is -2.43. The van der Waals surface area contributed by atoms with E-state index in [0.29, 0.717) is 36.5 Å². The SMILES string of the molecule is Cc1ccc([C@H](C)NC(=O)C2CCN(S(=O)(=O)Cc3cccc(Cl)c3)CC2)cc1C. The summed E-state index contributed by atoms with van der Waals surface area (Å²) in [5, 5.41) is 3.61. The molecule has 3 rings (SSSR count). The second-order valence-electron chi connectivity index (χ2n) is 8.13. The molecular weight excluding hydrogens is 420 g/mol. The Kier molecular flexibility index (Phi) is 7.22. The fourth-order valence-electron chi connectivity index (χ4n) is 3.77. The molecule has 0 saturated carbocycles. The average Bonchev–Trinajstić information content (AvgIpc) is 2.69. The van der Waals surface area contributed by atoms with Crippen LogP contribution in [0.25, 0.3) is 0 Å². The van der Waals surface area contributed by atoms with Crippen LogP contribution in [-0.2, 0) is 20.6 Å². The molecule has 0 unspecified atom stereocenters. The third-order valence-corrected chi connectivity index (χ3v) is 7.93. The number of rotatable bonds is 6. The lowest BCUT2D eigenvalue weighted by molar-refractivity contribution is -0.126. The lowest BCUT2D eigenvalue weighted by Gasteiger charge is -2.31. The van der Waals surface area contributed by atoms with E-state index in [2.05, 4.69) is 31.3 Å². The maximum atomic E-state index is 12.7. The molecule has 1 heterocycles. The largest absolute Gasteiger partial charge is 0.349 e. The van der Waals surface area contributed by atoms with Crippen LogP contribution in [0, 0.1) is 19.8 Å². The van der Waals surface area contributed by atoms with Gasteiger partial charge in [-0.05, 0) is 68.0 Å². The van der Waals surface area contributed by atoms with Crippen LogP contribution in [0.3, 0.4) is 0 Å². The van der Waals surface area contributed by atoms with Gasteiger partial charge in [-0.1, -0.05) is 41.9 Å². The summed E-state index contributed by atoms with van der Waals surface area (Å²) >= 11 is 5.96. The first kappa shape index (κ1) is 22.8. The molecule has 30 heavy (non-hydrogen) atoms. The number of halogens is 1. The number of piperidine rings is 1. The molecule has 1 amide bonds. The summed E-state index contributed by atoms with van der Waals surface area (Å²) < 4.78 is 27.0. The smallest absolute Gasteiger partial charge is 0.223 e. The fraction of sp³-hybridized carbons (Fsp3) is 0.435. The molecule has 1 aliphatic heterocycles. The molecular formula is C23H29ClN2O3S. The fourth-order valence-corrected chi connectivity index (χ4v) is 5.54. The van der Waals surface area contributed by atoms with Gasteiger partial charge in [0.25, 0.3) is 0 Å². The molecule has 2 aromatic rings. The first-order chi connectivity index (χ1) is 14.2. The van der Waals surface area contributed by atoms with E-state index in [1.165, 1.54) is 15.4 Å². The van der Waals surface area contributed by atoms with Gasteiger partial charge in [0, 0.05) is 24.0 Å². The average molecular weight is 449 g/mol. The second-order valence-corrected chi connectivity index (χ2v) is 10.5. The summed E-state index contributed by atoms with van der Waals surface area (Å²) in [5.74, 6) is -0.252. The second kappa shape index (κ2) is 9.50. The number of nitrogens with zero attached hydrogens (tertiary/aromatic N) is 1. The maximum Gasteiger partial charge on any atom is 0.223 e. The van der Waals surface area contributed by atoms with Gasteiger partial charge in [-0.3, -0.25) is 4.79 Å². The minimum atomic E-state index is -3.43. The van der Waals surface area contributed by atoms with E-state index in [1.54, 1.807) is 24.3 Å². The van der Waals surface area contributed by atoms with Crippen molar-refractivity contribution in [3.05, 3.63) is 69.7 Å². The van der Waals surface area contributed by atoms with Crippen molar-refractivity contribution >= 4 is 27.5 Å². The van der Waals surface area contributed by atoms with Gasteiger partial charge in [0.15, 0.2) is 0 Å². The molecule has 0 spiro atoms. The Labute approximate surface area is 184 Å². The van der Waals surface area contributed by atoms with Crippen LogP contribution in [0.2, 0.25) is 5.02 Å². The van der Waals surface area contributed by atoms with E-state index in [-0.39, 0.29) is 23.6 Å². The molecule has 162 valence electrons. The Morgan fingerprint density at radius 2 is 1.83 bits per heavy atom. The molecule has 0 aromatic heterocycles. The molecule has 0 bridgehead atoms. The molecule has 5 nitrogen and oxygen atoms in total. The van der Waals surface area contributed by atoms with Crippen LogP contribution in [0.4, 0.5) is 0 Å². The van der Waals surface area contributed by atoms with Gasteiger partial charge in [0.1, 0.15) is 0 Å². The zero-order chi connectivity index (χ0) is 21.9. The molecule has 7 heteroatoms. The van der Waals surface area contributed by atoms with Gasteiger partial charge in [0.05, 0.1) is 11.8 Å². The topological polar surface area (TPSA) is 66.5 Å². The van der Waals surface area contributed by atoms with E-state index in [9.17, 15) is 13.2 Å². The highest BCUT2D eigenvalue weighted by molar-refractivity contribution is 7.88. The zero-order valence-electron chi connectivity index (χ0n) is 17.7. The molecule has 0 aliphatic carbocycles. The Hall–Kier alpha value is -1.89. The summed E-state index contributed by atoms with van der Waals surface area (Å²) in [7, 11) is -3.43. The van der Waals surface area contributed by atoms with Crippen molar-refractivity contribution in [1.82, 2.24) is 9.62 Å². The maximum absolute atomic E-state index is 12.7. The van der Waals surface area contributed by atoms with Gasteiger partial charge in [0.2, 0.25) is 15.9 Å². The predicted molar refractivity (Wildman–Crippen MR) is 121 cm³/mol. The highest BCUT2D eigenvalue weighted by Crippen LogP contribution is 2.24. The number of aryl methyl sites for hydroxylation is 2. The Balaban J connectivity index is 1.55. The first-order valence-electron chi connectivity index (χ1n) is 10.3. The van der Waals surface area contributed by atoms with E-state index >= 15 is 0 Å². The molecule has 1 atom stereocenters. The van der Waals surface area contributed by atoms with Crippen LogP contribution < -0.4 is 5.32 Å². The Morgan fingerprint density at radius 1 is 1.13 bits per heavy atom. The van der Waals surface area contributed by atoms with Crippen LogP contribution in [0.15, 0.2) is 42.5 Å². The minimum Gasteiger partial charge on any atom is -0.349 e. The number of hydrogen-bond acceptors (Lipinski definition) is 3. The normalized spacial score (nSPS) is 16.9. The van der Waals surface area contributed by atoms with Gasteiger partial charge >= 0.3 is 0 Å². The van der Waals surface area contributed by atoms with Crippen molar-refractivity contribution in [3.63, 3.8) is 0 Å². The van der Waals surface area contributed by atoms with Crippen molar-refractivity contribution in [3.8, 4) is 0 Å². The highest BCUT2D eigenvalue weighted by atomic mass is 35.5. The summed E-state index contributed by atoms with van der Waals surface area (Å²) in [6.45, 7) is 6.83. The van der Waals surface area contributed by atoms with Gasteiger partial charge in [-0.25, -0.2) is 12.7 Å². The number of hydrogen-bond donors (Lipinski definition) is 1. The number of carbonyl (C=O) groups is 1. The first-order valence-corrected chi connectivity index (χ1v) is 12.2. The molecule has 2 aromatic carbocycles. The van der Waals surface area contributed by atoms with Crippen molar-refractivity contribution in [2.75, 3.05) is 13.1 Å². The number of benzene rings is 2. The van der Waals surface area contributed by atoms with Gasteiger partial charge in [-0.15, -0.1) is 0 Å². The lowest BCUT2D eigenvalue weighted by atomic mass is 9.96. The molecule has 0 radical (unpaired) electrons. The molecule has 1 saturated heterocycles. The summed E-state index contributed by atoms with van der Waals surface area (Å²) in [5.41, 5.74) is 4.17. The molecule has 1 fully saturated rings. The summed E-state index contributed by atoms with van der Waals surface area (Å²) in [6, 6.07) is 13.0. The van der Waals surface area contributed by atoms with Gasteiger partial charge < -0.3 is 5.32 Å². The quantitative estimate of drug-likeness (QED) is 0.713. The van der Waals surface area contributed by atoms with Crippen LogP contribution in [0.1, 0.15) is 48.1 Å². The van der Waals surface area contributed by atoms with Crippen LogP contribution in [-0.4, -0.2) is 31.7 Å². The molecule has 1 aliphatic rings. The third-order valence-electron chi connectivity index (χ3n) is 5.85. The summed E-state index contributed by atoms with van der Waals surface area (Å²) in [4.78, 5) is 12.7. The number of sulfonamides is 1. The highest BCUT2D eigenvalue weighted by Gasteiger charge is 2.31. The third kappa shape index (κ3) is 5.62. The number of amides is 1. The van der Waals surface area contributed by atoms with Crippen molar-refractivity contribution in [1.29, 1.82) is 0 Å². The van der Waals surface area contributed by atoms with Crippen molar-refractivity contribution in [2.45, 2.75) is 45.4 Å². The van der Waals surface area contributed by atoms with E-state index in [4.69, 9.17) is 11.6 Å². The summed E-state index contributed by atoms with van der Waals surface area (Å²) in [6.07, 6.45) is 1.06. The zero-order valence-corrected chi connectivity index (χ0v) is 19.3. The number of nitrogens with one attached hydrogen (secondary N) is 1. The van der Waals surface area contributed by atoms with Crippen LogP contribution >= 0.6 is 11.6 Å². The monoisotopic (exact) mass is 448 g/mol. The van der Waals surface area contributed by atoms with Crippen LogP contribution in [0.5, 0.6) is 0 Å². The van der Waals surface area contributed by atoms with Gasteiger partial charge in [-0.2, -0.15) is 0 Å². The van der Waals surface area contributed by atoms with E-state index in [0.717, 1.165) is 5.56 Å². The standard InChI is InChI=1S/C23H29ClN2O3S/c1-16-7-8-21(13-17(16)2)18(3)25-23(27)20-9-11-26(12-10-20)30(28,29)15-19-5-4-6-22(24)14-19/h4-8,13-14,18,20H,9-12,15H2,1-3H3,(H,25,27)/t18-/m0/s1. The Bertz CT molecular complexity index is 1010. The Morgan fingerprint density at radius 3 is 2.47 bits per heavy atom. The van der Waals surface area contributed by atoms with Crippen molar-refractivity contribution < 1.29 is 13.2 Å². The predicted octanol–water partition coefficient (Wildman–Crippen LogP) is 4.38. The molecule has 1 N–H and O–H groups in total.